The van der Waals surface area contributed by atoms with Crippen molar-refractivity contribution in [3.05, 3.63) is 35.9 Å². The highest BCUT2D eigenvalue weighted by molar-refractivity contribution is 6.10. The molecule has 0 heterocycles. The summed E-state index contributed by atoms with van der Waals surface area (Å²) in [4.78, 5) is 33.7. The van der Waals surface area contributed by atoms with E-state index in [1.807, 2.05) is 0 Å². The molecule has 4 nitrogen and oxygen atoms in total. The van der Waals surface area contributed by atoms with Gasteiger partial charge in [0, 0.05) is 12.0 Å². The summed E-state index contributed by atoms with van der Waals surface area (Å²) in [6.45, 7) is 1.64. The summed E-state index contributed by atoms with van der Waals surface area (Å²) < 4.78 is 0. The molecule has 1 aromatic rings. The van der Waals surface area contributed by atoms with Crippen molar-refractivity contribution in [2.45, 2.75) is 19.8 Å². The van der Waals surface area contributed by atoms with Crippen LogP contribution in [0.5, 0.6) is 0 Å². The van der Waals surface area contributed by atoms with Crippen molar-refractivity contribution >= 4 is 17.6 Å². The fourth-order valence-corrected chi connectivity index (χ4v) is 1.16. The van der Waals surface area contributed by atoms with Crippen LogP contribution in [0.3, 0.4) is 0 Å². The highest BCUT2D eigenvalue weighted by Gasteiger charge is 2.12. The normalized spacial score (nSPS) is 9.56. The van der Waals surface area contributed by atoms with Crippen molar-refractivity contribution < 1.29 is 14.4 Å². The van der Waals surface area contributed by atoms with Crippen molar-refractivity contribution in [2.24, 2.45) is 0 Å². The zero-order valence-corrected chi connectivity index (χ0v) is 9.03. The number of hydrogen-bond acceptors (Lipinski definition) is 3. The van der Waals surface area contributed by atoms with Gasteiger partial charge in [0.05, 0.1) is 6.42 Å². The Labute approximate surface area is 93.7 Å². The van der Waals surface area contributed by atoms with Crippen LogP contribution in [0.2, 0.25) is 0 Å². The average molecular weight is 219 g/mol. The highest BCUT2D eigenvalue weighted by atomic mass is 16.2. The van der Waals surface area contributed by atoms with E-state index in [0.717, 1.165) is 0 Å². The predicted molar refractivity (Wildman–Crippen MR) is 58.8 cm³/mol. The smallest absolute Gasteiger partial charge is 0.234 e. The van der Waals surface area contributed by atoms with Crippen LogP contribution < -0.4 is 5.32 Å². The maximum Gasteiger partial charge on any atom is 0.234 e. The molecule has 0 aliphatic rings. The van der Waals surface area contributed by atoms with E-state index in [-0.39, 0.29) is 24.5 Å². The minimum Gasteiger partial charge on any atom is -0.296 e. The molecule has 0 saturated carbocycles. The molecule has 0 aliphatic heterocycles. The molecule has 0 saturated heterocycles. The third kappa shape index (κ3) is 3.65. The summed E-state index contributed by atoms with van der Waals surface area (Å²) in [5, 5.41) is 2.13. The second-order valence-electron chi connectivity index (χ2n) is 3.29. The lowest BCUT2D eigenvalue weighted by Gasteiger charge is -2.01. The van der Waals surface area contributed by atoms with Crippen LogP contribution in [0, 0.1) is 0 Å². The number of imide groups is 1. The largest absolute Gasteiger partial charge is 0.296 e. The molecule has 0 bridgehead atoms. The first-order chi connectivity index (χ1) is 7.63. The van der Waals surface area contributed by atoms with Gasteiger partial charge in [-0.3, -0.25) is 19.7 Å². The molecule has 4 heteroatoms. The molecule has 0 atom stereocenters. The lowest BCUT2D eigenvalue weighted by Crippen LogP contribution is -2.31. The van der Waals surface area contributed by atoms with Crippen LogP contribution in [-0.4, -0.2) is 17.6 Å². The van der Waals surface area contributed by atoms with Crippen LogP contribution in [0.25, 0.3) is 0 Å². The Kier molecular flexibility index (Phi) is 4.39. The quantitative estimate of drug-likeness (QED) is 0.613. The Morgan fingerprint density at radius 2 is 1.69 bits per heavy atom. The molecule has 0 spiro atoms. The number of carbonyl (C=O) groups is 3. The van der Waals surface area contributed by atoms with Gasteiger partial charge in [-0.05, 0) is 0 Å². The van der Waals surface area contributed by atoms with E-state index in [1.165, 1.54) is 0 Å². The third-order valence-corrected chi connectivity index (χ3v) is 2.02. The lowest BCUT2D eigenvalue weighted by atomic mass is 10.1. The van der Waals surface area contributed by atoms with Gasteiger partial charge in [0.25, 0.3) is 0 Å². The van der Waals surface area contributed by atoms with Crippen LogP contribution in [-0.2, 0) is 9.59 Å². The molecule has 1 N–H and O–H groups in total. The first-order valence-corrected chi connectivity index (χ1v) is 5.04. The van der Waals surface area contributed by atoms with E-state index < -0.39 is 5.91 Å². The molecule has 0 aliphatic carbocycles. The zero-order chi connectivity index (χ0) is 12.0. The standard InChI is InChI=1S/C12H13NO3/c1-2-11(15)13-12(16)8-10(14)9-6-4-3-5-7-9/h3-7H,2,8H2,1H3,(H,13,15,16). The highest BCUT2D eigenvalue weighted by Crippen LogP contribution is 2.02. The number of rotatable bonds is 4. The van der Waals surface area contributed by atoms with Gasteiger partial charge in [-0.2, -0.15) is 0 Å². The predicted octanol–water partition coefficient (Wildman–Crippen LogP) is 1.31. The van der Waals surface area contributed by atoms with E-state index in [4.69, 9.17) is 0 Å². The molecule has 16 heavy (non-hydrogen) atoms. The van der Waals surface area contributed by atoms with E-state index in [2.05, 4.69) is 5.32 Å². The topological polar surface area (TPSA) is 63.2 Å². The Morgan fingerprint density at radius 1 is 1.06 bits per heavy atom. The first kappa shape index (κ1) is 12.1. The van der Waals surface area contributed by atoms with Gasteiger partial charge in [0.2, 0.25) is 11.8 Å². The number of hydrogen-bond donors (Lipinski definition) is 1. The van der Waals surface area contributed by atoms with Crippen LogP contribution in [0.15, 0.2) is 30.3 Å². The molecule has 0 unspecified atom stereocenters. The second-order valence-corrected chi connectivity index (χ2v) is 3.29. The summed E-state index contributed by atoms with van der Waals surface area (Å²) in [7, 11) is 0. The molecular weight excluding hydrogens is 206 g/mol. The van der Waals surface area contributed by atoms with Gasteiger partial charge in [-0.1, -0.05) is 37.3 Å². The SMILES string of the molecule is CCC(=O)NC(=O)CC(=O)c1ccccc1. The fraction of sp³-hybridized carbons (Fsp3) is 0.250. The summed E-state index contributed by atoms with van der Waals surface area (Å²) in [5.41, 5.74) is 0.474. The number of benzene rings is 1. The molecule has 1 aromatic carbocycles. The lowest BCUT2D eigenvalue weighted by molar-refractivity contribution is -0.129. The van der Waals surface area contributed by atoms with Crippen molar-refractivity contribution in [1.82, 2.24) is 5.32 Å². The number of carbonyl (C=O) groups excluding carboxylic acids is 3. The zero-order valence-electron chi connectivity index (χ0n) is 9.03. The monoisotopic (exact) mass is 219 g/mol. The number of Topliss-reactive ketones (excluding diaryl/α,β-unsaturated/α-hetero) is 1. The third-order valence-electron chi connectivity index (χ3n) is 2.02. The van der Waals surface area contributed by atoms with Gasteiger partial charge < -0.3 is 0 Å². The van der Waals surface area contributed by atoms with Crippen molar-refractivity contribution in [3.63, 3.8) is 0 Å². The van der Waals surface area contributed by atoms with E-state index in [9.17, 15) is 14.4 Å². The molecular formula is C12H13NO3. The summed E-state index contributed by atoms with van der Waals surface area (Å²) >= 11 is 0. The van der Waals surface area contributed by atoms with Crippen LogP contribution >= 0.6 is 0 Å². The van der Waals surface area contributed by atoms with Crippen molar-refractivity contribution in [1.29, 1.82) is 0 Å². The number of nitrogens with one attached hydrogen (secondary N) is 1. The average Bonchev–Trinajstić information content (AvgIpc) is 2.29. The number of ketones is 1. The van der Waals surface area contributed by atoms with E-state index in [1.54, 1.807) is 37.3 Å². The molecule has 2 amide bonds. The van der Waals surface area contributed by atoms with Gasteiger partial charge in [-0.15, -0.1) is 0 Å². The Hall–Kier alpha value is -1.97. The maximum atomic E-state index is 11.6. The molecule has 84 valence electrons. The van der Waals surface area contributed by atoms with E-state index >= 15 is 0 Å². The molecule has 1 rings (SSSR count). The van der Waals surface area contributed by atoms with Crippen LogP contribution in [0.4, 0.5) is 0 Å². The van der Waals surface area contributed by atoms with Gasteiger partial charge >= 0.3 is 0 Å². The summed E-state index contributed by atoms with van der Waals surface area (Å²) in [5.74, 6) is -1.21. The summed E-state index contributed by atoms with van der Waals surface area (Å²) in [6.07, 6.45) is -0.0684. The number of amides is 2. The van der Waals surface area contributed by atoms with Gasteiger partial charge in [-0.25, -0.2) is 0 Å². The minimum absolute atomic E-state index is 0.227. The fourth-order valence-electron chi connectivity index (χ4n) is 1.16. The van der Waals surface area contributed by atoms with Crippen LogP contribution in [0.1, 0.15) is 30.1 Å². The van der Waals surface area contributed by atoms with Gasteiger partial charge in [0.15, 0.2) is 5.78 Å². The second kappa shape index (κ2) is 5.80. The Bertz CT molecular complexity index is 398. The summed E-state index contributed by atoms with van der Waals surface area (Å²) in [6, 6.07) is 8.51. The Morgan fingerprint density at radius 3 is 2.25 bits per heavy atom. The minimum atomic E-state index is -0.555. The van der Waals surface area contributed by atoms with Gasteiger partial charge in [0.1, 0.15) is 0 Å². The maximum absolute atomic E-state index is 11.6. The first-order valence-electron chi connectivity index (χ1n) is 5.04. The molecule has 0 fully saturated rings. The Balaban J connectivity index is 2.52. The van der Waals surface area contributed by atoms with Crippen molar-refractivity contribution in [2.75, 3.05) is 0 Å². The van der Waals surface area contributed by atoms with Crippen molar-refractivity contribution in [3.8, 4) is 0 Å². The van der Waals surface area contributed by atoms with E-state index in [0.29, 0.717) is 5.56 Å². The molecule has 0 radical (unpaired) electrons. The molecule has 0 aromatic heterocycles.